The minimum absolute atomic E-state index is 0.238. The van der Waals surface area contributed by atoms with Gasteiger partial charge in [0.25, 0.3) is 5.91 Å². The van der Waals surface area contributed by atoms with Crippen molar-refractivity contribution in [3.05, 3.63) is 45.9 Å². The minimum Gasteiger partial charge on any atom is -0.486 e. The number of ether oxygens (including phenoxy) is 2. The fourth-order valence-electron chi connectivity index (χ4n) is 1.67. The third-order valence-electron chi connectivity index (χ3n) is 2.83. The van der Waals surface area contributed by atoms with Crippen molar-refractivity contribution in [1.29, 1.82) is 0 Å². The largest absolute Gasteiger partial charge is 0.486 e. The predicted octanol–water partition coefficient (Wildman–Crippen LogP) is 2.06. The molecule has 2 N–H and O–H groups in total. The van der Waals surface area contributed by atoms with Crippen LogP contribution in [0.25, 0.3) is 0 Å². The Hall–Kier alpha value is -2.41. The topological polar surface area (TPSA) is 91.5 Å². The highest BCUT2D eigenvalue weighted by Gasteiger charge is 2.19. The number of para-hydroxylation sites is 1. The third kappa shape index (κ3) is 4.05. The van der Waals surface area contributed by atoms with Gasteiger partial charge in [0.2, 0.25) is 0 Å². The zero-order valence-electron chi connectivity index (χ0n) is 12.2. The highest BCUT2D eigenvalue weighted by Crippen LogP contribution is 2.21. The summed E-state index contributed by atoms with van der Waals surface area (Å²) in [6.45, 7) is 3.58. The molecule has 0 saturated heterocycles. The summed E-state index contributed by atoms with van der Waals surface area (Å²) in [5, 5.41) is 2.84. The number of primary amides is 1. The molecule has 1 aromatic carbocycles. The number of rotatable bonds is 6. The Bertz CT molecular complexity index is 684. The van der Waals surface area contributed by atoms with Crippen LogP contribution in [0.2, 0.25) is 0 Å². The average molecular weight is 320 g/mol. The summed E-state index contributed by atoms with van der Waals surface area (Å²) in [7, 11) is 0. The number of carbonyl (C=O) groups is 2. The van der Waals surface area contributed by atoms with Gasteiger partial charge in [-0.2, -0.15) is 0 Å². The summed E-state index contributed by atoms with van der Waals surface area (Å²) < 4.78 is 10.6. The van der Waals surface area contributed by atoms with Crippen LogP contribution in [-0.4, -0.2) is 23.0 Å². The first-order valence-electron chi connectivity index (χ1n) is 6.60. The van der Waals surface area contributed by atoms with Gasteiger partial charge in [0.1, 0.15) is 17.9 Å². The van der Waals surface area contributed by atoms with Crippen LogP contribution in [0.4, 0.5) is 0 Å². The number of aryl methyl sites for hydroxylation is 1. The number of esters is 1. The monoisotopic (exact) mass is 320 g/mol. The number of carbonyl (C=O) groups excluding carboxylic acids is 2. The molecule has 7 heteroatoms. The van der Waals surface area contributed by atoms with E-state index >= 15 is 0 Å². The highest BCUT2D eigenvalue weighted by atomic mass is 32.1. The minimum atomic E-state index is -0.998. The maximum atomic E-state index is 12.1. The molecule has 0 fully saturated rings. The Labute approximate surface area is 131 Å². The molecule has 116 valence electrons. The molecule has 0 radical (unpaired) electrons. The van der Waals surface area contributed by atoms with Gasteiger partial charge in [-0.3, -0.25) is 4.79 Å². The van der Waals surface area contributed by atoms with Gasteiger partial charge in [0, 0.05) is 5.38 Å². The van der Waals surface area contributed by atoms with Gasteiger partial charge in [-0.25, -0.2) is 9.78 Å². The lowest BCUT2D eigenvalue weighted by Crippen LogP contribution is -2.30. The van der Waals surface area contributed by atoms with E-state index in [0.717, 1.165) is 10.7 Å². The van der Waals surface area contributed by atoms with Gasteiger partial charge in [-0.05, 0) is 26.0 Å². The van der Waals surface area contributed by atoms with E-state index in [-0.39, 0.29) is 12.2 Å². The number of hydrogen-bond donors (Lipinski definition) is 1. The van der Waals surface area contributed by atoms with E-state index in [4.69, 9.17) is 15.2 Å². The lowest BCUT2D eigenvalue weighted by Gasteiger charge is -2.12. The van der Waals surface area contributed by atoms with Crippen LogP contribution in [0.15, 0.2) is 29.6 Å². The molecule has 22 heavy (non-hydrogen) atoms. The second-order valence-electron chi connectivity index (χ2n) is 4.59. The summed E-state index contributed by atoms with van der Waals surface area (Å²) in [5.41, 5.74) is 6.11. The second-order valence-corrected chi connectivity index (χ2v) is 5.65. The van der Waals surface area contributed by atoms with E-state index in [0.29, 0.717) is 5.75 Å². The van der Waals surface area contributed by atoms with E-state index in [1.54, 1.807) is 24.3 Å². The summed E-state index contributed by atoms with van der Waals surface area (Å²) in [4.78, 5) is 27.3. The normalized spacial score (nSPS) is 11.7. The van der Waals surface area contributed by atoms with Gasteiger partial charge in [-0.15, -0.1) is 11.3 Å². The molecule has 0 bridgehead atoms. The molecule has 0 saturated carbocycles. The average Bonchev–Trinajstić information content (AvgIpc) is 2.90. The first-order valence-corrected chi connectivity index (χ1v) is 7.48. The number of thiazole rings is 1. The smallest absolute Gasteiger partial charge is 0.342 e. The van der Waals surface area contributed by atoms with Crippen LogP contribution in [0.5, 0.6) is 5.75 Å². The van der Waals surface area contributed by atoms with Crippen molar-refractivity contribution in [1.82, 2.24) is 4.98 Å². The number of hydrogen-bond acceptors (Lipinski definition) is 6. The van der Waals surface area contributed by atoms with Crippen molar-refractivity contribution in [3.63, 3.8) is 0 Å². The standard InChI is InChI=1S/C15H16N2O4S/c1-9(14(16)18)21-15(19)12-5-3-4-6-13(12)20-7-11-8-22-10(2)17-11/h3-6,8-9H,7H2,1-2H3,(H2,16,18)/t9-/m1/s1. The quantitative estimate of drug-likeness (QED) is 0.823. The number of benzene rings is 1. The molecule has 2 rings (SSSR count). The van der Waals surface area contributed by atoms with Crippen LogP contribution in [0.3, 0.4) is 0 Å². The number of nitrogens with two attached hydrogens (primary N) is 1. The number of nitrogens with zero attached hydrogens (tertiary/aromatic N) is 1. The van der Waals surface area contributed by atoms with E-state index in [9.17, 15) is 9.59 Å². The lowest BCUT2D eigenvalue weighted by atomic mass is 10.2. The van der Waals surface area contributed by atoms with Gasteiger partial charge in [0.15, 0.2) is 6.10 Å². The molecule has 1 amide bonds. The fraction of sp³-hybridized carbons (Fsp3) is 0.267. The summed E-state index contributed by atoms with van der Waals surface area (Å²) in [6.07, 6.45) is -0.998. The van der Waals surface area contributed by atoms with Gasteiger partial charge < -0.3 is 15.2 Å². The Morgan fingerprint density at radius 1 is 1.36 bits per heavy atom. The first kappa shape index (κ1) is 16.0. The molecule has 0 aliphatic carbocycles. The SMILES string of the molecule is Cc1nc(COc2ccccc2C(=O)O[C@H](C)C(N)=O)cs1. The summed E-state index contributed by atoms with van der Waals surface area (Å²) in [5.74, 6) is -0.990. The predicted molar refractivity (Wildman–Crippen MR) is 81.7 cm³/mol. The number of aromatic nitrogens is 1. The molecule has 2 aromatic rings. The fourth-order valence-corrected chi connectivity index (χ4v) is 2.27. The van der Waals surface area contributed by atoms with Crippen molar-refractivity contribution >= 4 is 23.2 Å². The zero-order chi connectivity index (χ0) is 16.1. The van der Waals surface area contributed by atoms with Gasteiger partial charge >= 0.3 is 5.97 Å². The highest BCUT2D eigenvalue weighted by molar-refractivity contribution is 7.09. The van der Waals surface area contributed by atoms with Crippen molar-refractivity contribution in [2.24, 2.45) is 5.73 Å². The van der Waals surface area contributed by atoms with Crippen LogP contribution in [0, 0.1) is 6.92 Å². The van der Waals surface area contributed by atoms with E-state index in [1.807, 2.05) is 12.3 Å². The van der Waals surface area contributed by atoms with Crippen LogP contribution in [-0.2, 0) is 16.1 Å². The van der Waals surface area contributed by atoms with E-state index in [2.05, 4.69) is 4.98 Å². The van der Waals surface area contributed by atoms with Crippen molar-refractivity contribution in [3.8, 4) is 5.75 Å². The Morgan fingerprint density at radius 3 is 2.73 bits per heavy atom. The summed E-state index contributed by atoms with van der Waals surface area (Å²) in [6, 6.07) is 6.66. The Kier molecular flexibility index (Phi) is 5.11. The molecule has 0 aliphatic rings. The molecular formula is C15H16N2O4S. The van der Waals surface area contributed by atoms with Crippen LogP contribution in [0.1, 0.15) is 28.0 Å². The molecule has 1 atom stereocenters. The molecule has 0 unspecified atom stereocenters. The molecule has 0 aliphatic heterocycles. The first-order chi connectivity index (χ1) is 10.5. The lowest BCUT2D eigenvalue weighted by molar-refractivity contribution is -0.125. The Morgan fingerprint density at radius 2 is 2.09 bits per heavy atom. The molecule has 1 aromatic heterocycles. The number of amides is 1. The van der Waals surface area contributed by atoms with Crippen molar-refractivity contribution in [2.45, 2.75) is 26.6 Å². The summed E-state index contributed by atoms with van der Waals surface area (Å²) >= 11 is 1.53. The van der Waals surface area contributed by atoms with Crippen LogP contribution < -0.4 is 10.5 Å². The van der Waals surface area contributed by atoms with Crippen molar-refractivity contribution < 1.29 is 19.1 Å². The second kappa shape index (κ2) is 7.04. The molecular weight excluding hydrogens is 304 g/mol. The Balaban J connectivity index is 2.09. The third-order valence-corrected chi connectivity index (χ3v) is 3.66. The zero-order valence-corrected chi connectivity index (χ0v) is 13.1. The van der Waals surface area contributed by atoms with Crippen molar-refractivity contribution in [2.75, 3.05) is 0 Å². The molecule has 0 spiro atoms. The van der Waals surface area contributed by atoms with Gasteiger partial charge in [0.05, 0.1) is 10.7 Å². The van der Waals surface area contributed by atoms with Gasteiger partial charge in [-0.1, -0.05) is 12.1 Å². The maximum Gasteiger partial charge on any atom is 0.342 e. The van der Waals surface area contributed by atoms with E-state index in [1.165, 1.54) is 18.3 Å². The maximum absolute atomic E-state index is 12.1. The van der Waals surface area contributed by atoms with Crippen LogP contribution >= 0.6 is 11.3 Å². The van der Waals surface area contributed by atoms with E-state index < -0.39 is 18.0 Å². The molecule has 1 heterocycles. The molecule has 6 nitrogen and oxygen atoms in total.